The van der Waals surface area contributed by atoms with Crippen LogP contribution in [0.3, 0.4) is 0 Å². The molecule has 1 heterocycles. The number of benzene rings is 1. The van der Waals surface area contributed by atoms with Gasteiger partial charge in [0, 0.05) is 23.4 Å². The molecule has 1 aromatic carbocycles. The maximum atomic E-state index is 5.71. The first kappa shape index (κ1) is 13.3. The smallest absolute Gasteiger partial charge is 0.217 e. The summed E-state index contributed by atoms with van der Waals surface area (Å²) in [5.41, 5.74) is 8.39. The summed E-state index contributed by atoms with van der Waals surface area (Å²) in [6.45, 7) is 6.56. The van der Waals surface area contributed by atoms with E-state index in [4.69, 9.17) is 10.5 Å². The van der Waals surface area contributed by atoms with Gasteiger partial charge in [-0.05, 0) is 24.6 Å². The predicted molar refractivity (Wildman–Crippen MR) is 76.0 cm³/mol. The van der Waals surface area contributed by atoms with Crippen LogP contribution in [0.1, 0.15) is 36.8 Å². The van der Waals surface area contributed by atoms with E-state index in [1.165, 1.54) is 0 Å². The van der Waals surface area contributed by atoms with Crippen molar-refractivity contribution in [3.05, 3.63) is 47.4 Å². The molecular weight excluding hydrogens is 238 g/mol. The summed E-state index contributed by atoms with van der Waals surface area (Å²) < 4.78 is 5.71. The topological polar surface area (TPSA) is 61.0 Å². The van der Waals surface area contributed by atoms with Crippen LogP contribution in [0, 0.1) is 6.92 Å². The van der Waals surface area contributed by atoms with E-state index in [9.17, 15) is 0 Å². The van der Waals surface area contributed by atoms with E-state index in [1.807, 2.05) is 37.3 Å². The van der Waals surface area contributed by atoms with Crippen LogP contribution in [0.4, 0.5) is 5.69 Å². The number of hydrogen-bond donors (Lipinski definition) is 1. The van der Waals surface area contributed by atoms with Gasteiger partial charge in [-0.1, -0.05) is 26.0 Å². The molecule has 0 radical (unpaired) electrons. The molecule has 0 spiro atoms. The number of ether oxygens (including phenoxy) is 1. The summed E-state index contributed by atoms with van der Waals surface area (Å²) in [4.78, 5) is 8.80. The summed E-state index contributed by atoms with van der Waals surface area (Å²) in [7, 11) is 0. The largest absolute Gasteiger partial charge is 0.473 e. The van der Waals surface area contributed by atoms with Crippen molar-refractivity contribution in [2.24, 2.45) is 0 Å². The molecule has 19 heavy (non-hydrogen) atoms. The van der Waals surface area contributed by atoms with Crippen LogP contribution >= 0.6 is 0 Å². The van der Waals surface area contributed by atoms with Crippen molar-refractivity contribution in [2.45, 2.75) is 33.3 Å². The van der Waals surface area contributed by atoms with Crippen molar-refractivity contribution in [2.75, 3.05) is 5.73 Å². The Balaban J connectivity index is 2.08. The molecule has 0 unspecified atom stereocenters. The maximum Gasteiger partial charge on any atom is 0.217 e. The zero-order chi connectivity index (χ0) is 13.8. The summed E-state index contributed by atoms with van der Waals surface area (Å²) in [6, 6.07) is 9.48. The van der Waals surface area contributed by atoms with Gasteiger partial charge >= 0.3 is 0 Å². The minimum atomic E-state index is 0.291. The van der Waals surface area contributed by atoms with Crippen LogP contribution < -0.4 is 10.5 Å². The molecule has 0 saturated carbocycles. The predicted octanol–water partition coefficient (Wildman–Crippen LogP) is 3.07. The van der Waals surface area contributed by atoms with Crippen LogP contribution in [0.15, 0.2) is 30.3 Å². The lowest BCUT2D eigenvalue weighted by Crippen LogP contribution is -2.04. The fourth-order valence-electron chi connectivity index (χ4n) is 1.67. The second-order valence-electron chi connectivity index (χ2n) is 4.89. The highest BCUT2D eigenvalue weighted by molar-refractivity contribution is 5.39. The van der Waals surface area contributed by atoms with Crippen LogP contribution in [-0.4, -0.2) is 9.97 Å². The van der Waals surface area contributed by atoms with E-state index >= 15 is 0 Å². The third kappa shape index (κ3) is 3.68. The molecule has 100 valence electrons. The number of anilines is 1. The third-order valence-electron chi connectivity index (χ3n) is 2.73. The molecule has 4 heteroatoms. The Hall–Kier alpha value is -2.10. The molecular formula is C15H19N3O. The van der Waals surface area contributed by atoms with Gasteiger partial charge in [0.2, 0.25) is 5.88 Å². The Kier molecular flexibility index (Phi) is 4.00. The number of nitrogen functional groups attached to an aromatic ring is 1. The molecule has 2 N–H and O–H groups in total. The minimum absolute atomic E-state index is 0.291. The first-order valence-electron chi connectivity index (χ1n) is 6.37. The third-order valence-corrected chi connectivity index (χ3v) is 2.73. The minimum Gasteiger partial charge on any atom is -0.473 e. The Morgan fingerprint density at radius 3 is 2.47 bits per heavy atom. The first-order valence-corrected chi connectivity index (χ1v) is 6.37. The summed E-state index contributed by atoms with van der Waals surface area (Å²) >= 11 is 0. The zero-order valence-electron chi connectivity index (χ0n) is 11.6. The second kappa shape index (κ2) is 5.69. The molecule has 2 aromatic rings. The fraction of sp³-hybridized carbons (Fsp3) is 0.333. The lowest BCUT2D eigenvalue weighted by molar-refractivity contribution is 0.291. The average molecular weight is 257 g/mol. The highest BCUT2D eigenvalue weighted by Crippen LogP contribution is 2.16. The van der Waals surface area contributed by atoms with Gasteiger partial charge in [0.1, 0.15) is 12.4 Å². The zero-order valence-corrected chi connectivity index (χ0v) is 11.6. The lowest BCUT2D eigenvalue weighted by Gasteiger charge is -2.10. The van der Waals surface area contributed by atoms with Crippen LogP contribution in [0.2, 0.25) is 0 Å². The fourth-order valence-corrected chi connectivity index (χ4v) is 1.67. The van der Waals surface area contributed by atoms with Crippen molar-refractivity contribution in [1.82, 2.24) is 9.97 Å². The summed E-state index contributed by atoms with van der Waals surface area (Å²) in [5, 5.41) is 0. The van der Waals surface area contributed by atoms with Crippen molar-refractivity contribution in [1.29, 1.82) is 0 Å². The molecule has 0 atom stereocenters. The van der Waals surface area contributed by atoms with E-state index in [0.717, 1.165) is 22.8 Å². The molecule has 0 aliphatic rings. The molecule has 0 aliphatic heterocycles. The number of nitrogens with zero attached hydrogens (tertiary/aromatic N) is 2. The Labute approximate surface area is 113 Å². The SMILES string of the molecule is Cc1cc(OCc2ccc(N)cc2)nc(C(C)C)n1. The van der Waals surface area contributed by atoms with E-state index in [0.29, 0.717) is 18.4 Å². The summed E-state index contributed by atoms with van der Waals surface area (Å²) in [5.74, 6) is 1.72. The van der Waals surface area contributed by atoms with Gasteiger partial charge in [-0.2, -0.15) is 4.98 Å². The molecule has 0 saturated heterocycles. The molecule has 0 amide bonds. The lowest BCUT2D eigenvalue weighted by atomic mass is 10.2. The van der Waals surface area contributed by atoms with Gasteiger partial charge in [0.05, 0.1) is 0 Å². The molecule has 0 fully saturated rings. The number of aryl methyl sites for hydroxylation is 1. The molecule has 4 nitrogen and oxygen atoms in total. The molecule has 2 rings (SSSR count). The van der Waals surface area contributed by atoms with Crippen molar-refractivity contribution in [3.8, 4) is 5.88 Å². The van der Waals surface area contributed by atoms with E-state index in [2.05, 4.69) is 23.8 Å². The van der Waals surface area contributed by atoms with E-state index in [-0.39, 0.29) is 0 Å². The van der Waals surface area contributed by atoms with Gasteiger partial charge in [0.15, 0.2) is 0 Å². The number of rotatable bonds is 4. The maximum absolute atomic E-state index is 5.71. The first-order chi connectivity index (χ1) is 9.04. The van der Waals surface area contributed by atoms with Crippen molar-refractivity contribution < 1.29 is 4.74 Å². The van der Waals surface area contributed by atoms with E-state index in [1.54, 1.807) is 0 Å². The molecule has 0 aliphatic carbocycles. The normalized spacial score (nSPS) is 10.7. The van der Waals surface area contributed by atoms with Crippen LogP contribution in [-0.2, 0) is 6.61 Å². The average Bonchev–Trinajstić information content (AvgIpc) is 2.37. The number of hydrogen-bond acceptors (Lipinski definition) is 4. The Bertz CT molecular complexity index is 550. The van der Waals surface area contributed by atoms with Gasteiger partial charge in [-0.15, -0.1) is 0 Å². The highest BCUT2D eigenvalue weighted by atomic mass is 16.5. The van der Waals surface area contributed by atoms with Gasteiger partial charge in [0.25, 0.3) is 0 Å². The highest BCUT2D eigenvalue weighted by Gasteiger charge is 2.07. The van der Waals surface area contributed by atoms with Gasteiger partial charge in [-0.25, -0.2) is 4.98 Å². The second-order valence-corrected chi connectivity index (χ2v) is 4.89. The van der Waals surface area contributed by atoms with Gasteiger partial charge < -0.3 is 10.5 Å². The van der Waals surface area contributed by atoms with Crippen LogP contribution in [0.5, 0.6) is 5.88 Å². The van der Waals surface area contributed by atoms with Gasteiger partial charge in [-0.3, -0.25) is 0 Å². The van der Waals surface area contributed by atoms with Crippen molar-refractivity contribution >= 4 is 5.69 Å². The Morgan fingerprint density at radius 2 is 1.84 bits per heavy atom. The molecule has 1 aromatic heterocycles. The monoisotopic (exact) mass is 257 g/mol. The van der Waals surface area contributed by atoms with Crippen LogP contribution in [0.25, 0.3) is 0 Å². The quantitative estimate of drug-likeness (QED) is 0.855. The number of nitrogens with two attached hydrogens (primary N) is 1. The van der Waals surface area contributed by atoms with E-state index < -0.39 is 0 Å². The van der Waals surface area contributed by atoms with Crippen molar-refractivity contribution in [3.63, 3.8) is 0 Å². The standard InChI is InChI=1S/C15H19N3O/c1-10(2)15-17-11(3)8-14(18-15)19-9-12-4-6-13(16)7-5-12/h4-8,10H,9,16H2,1-3H3. The Morgan fingerprint density at radius 1 is 1.16 bits per heavy atom. The molecule has 0 bridgehead atoms. The summed E-state index contributed by atoms with van der Waals surface area (Å²) in [6.07, 6.45) is 0. The number of aromatic nitrogens is 2.